The van der Waals surface area contributed by atoms with E-state index in [4.69, 9.17) is 0 Å². The zero-order valence-corrected chi connectivity index (χ0v) is 12.2. The summed E-state index contributed by atoms with van der Waals surface area (Å²) in [5, 5.41) is 0. The Kier molecular flexibility index (Phi) is 4.09. The van der Waals surface area contributed by atoms with Gasteiger partial charge < -0.3 is 0 Å². The molecule has 3 aromatic carbocycles. The van der Waals surface area contributed by atoms with Crippen LogP contribution in [-0.4, -0.2) is 0 Å². The highest BCUT2D eigenvalue weighted by molar-refractivity contribution is 5.70. The predicted molar refractivity (Wildman–Crippen MR) is 82.2 cm³/mol. The lowest BCUT2D eigenvalue weighted by atomic mass is 9.99. The zero-order valence-electron chi connectivity index (χ0n) is 12.2. The molecule has 0 saturated carbocycles. The van der Waals surface area contributed by atoms with Crippen LogP contribution in [0.4, 0.5) is 22.0 Å². The molecule has 3 aromatic rings. The van der Waals surface area contributed by atoms with Gasteiger partial charge in [-0.25, -0.2) is 8.78 Å². The van der Waals surface area contributed by atoms with Gasteiger partial charge in [0.25, 0.3) is 0 Å². The number of hydrogen-bond donors (Lipinski definition) is 0. The first-order chi connectivity index (χ1) is 11.3. The third-order valence-corrected chi connectivity index (χ3v) is 3.68. The topological polar surface area (TPSA) is 0 Å². The number of alkyl halides is 3. The summed E-state index contributed by atoms with van der Waals surface area (Å²) in [5.41, 5.74) is 1.87. The number of halogens is 5. The van der Waals surface area contributed by atoms with Crippen molar-refractivity contribution < 1.29 is 22.0 Å². The highest BCUT2D eigenvalue weighted by Crippen LogP contribution is 2.31. The van der Waals surface area contributed by atoms with Crippen LogP contribution in [0.2, 0.25) is 0 Å². The van der Waals surface area contributed by atoms with Gasteiger partial charge in [-0.3, -0.25) is 0 Å². The van der Waals surface area contributed by atoms with E-state index in [9.17, 15) is 22.0 Å². The van der Waals surface area contributed by atoms with Gasteiger partial charge >= 0.3 is 6.18 Å². The molecule has 0 fully saturated rings. The molecule has 0 bridgehead atoms. The number of rotatable bonds is 2. The molecule has 0 aliphatic rings. The van der Waals surface area contributed by atoms with Crippen molar-refractivity contribution in [3.63, 3.8) is 0 Å². The van der Waals surface area contributed by atoms with Gasteiger partial charge in [-0.05, 0) is 46.5 Å². The molecule has 5 heteroatoms. The van der Waals surface area contributed by atoms with Gasteiger partial charge in [0.15, 0.2) is 11.6 Å². The maximum atomic E-state index is 13.3. The van der Waals surface area contributed by atoms with E-state index in [0.29, 0.717) is 16.7 Å². The van der Waals surface area contributed by atoms with Crippen LogP contribution in [0, 0.1) is 11.6 Å². The van der Waals surface area contributed by atoms with Crippen molar-refractivity contribution >= 4 is 0 Å². The number of benzene rings is 3. The molecule has 0 atom stereocenters. The second kappa shape index (κ2) is 6.07. The predicted octanol–water partition coefficient (Wildman–Crippen LogP) is 6.32. The van der Waals surface area contributed by atoms with Gasteiger partial charge in [0.2, 0.25) is 0 Å². The lowest BCUT2D eigenvalue weighted by molar-refractivity contribution is -0.137. The van der Waals surface area contributed by atoms with Crippen molar-refractivity contribution in [1.29, 1.82) is 0 Å². The fourth-order valence-electron chi connectivity index (χ4n) is 2.38. The van der Waals surface area contributed by atoms with E-state index in [2.05, 4.69) is 0 Å². The van der Waals surface area contributed by atoms with Crippen molar-refractivity contribution in [2.45, 2.75) is 6.18 Å². The minimum Gasteiger partial charge on any atom is -0.204 e. The van der Waals surface area contributed by atoms with E-state index in [1.807, 2.05) is 0 Å². The molecule has 0 radical (unpaired) electrons. The fourth-order valence-corrected chi connectivity index (χ4v) is 2.38. The monoisotopic (exact) mass is 334 g/mol. The Bertz CT molecular complexity index is 846. The third-order valence-electron chi connectivity index (χ3n) is 3.68. The van der Waals surface area contributed by atoms with Crippen LogP contribution in [0.25, 0.3) is 22.3 Å². The summed E-state index contributed by atoms with van der Waals surface area (Å²) in [6.07, 6.45) is -4.37. The van der Waals surface area contributed by atoms with E-state index < -0.39 is 23.4 Å². The summed E-state index contributed by atoms with van der Waals surface area (Å²) in [6.45, 7) is 0. The van der Waals surface area contributed by atoms with Crippen LogP contribution in [-0.2, 0) is 6.18 Å². The summed E-state index contributed by atoms with van der Waals surface area (Å²) < 4.78 is 63.9. The van der Waals surface area contributed by atoms with Gasteiger partial charge in [-0.2, -0.15) is 13.2 Å². The Morgan fingerprint density at radius 2 is 0.917 bits per heavy atom. The smallest absolute Gasteiger partial charge is 0.204 e. The average Bonchev–Trinajstić information content (AvgIpc) is 2.57. The second-order valence-electron chi connectivity index (χ2n) is 5.28. The lowest BCUT2D eigenvalue weighted by Gasteiger charge is -2.08. The van der Waals surface area contributed by atoms with Gasteiger partial charge in [0, 0.05) is 0 Å². The van der Waals surface area contributed by atoms with Crippen molar-refractivity contribution in [2.75, 3.05) is 0 Å². The molecule has 0 saturated heterocycles. The molecule has 0 aliphatic carbocycles. The zero-order chi connectivity index (χ0) is 17.3. The molecule has 0 heterocycles. The van der Waals surface area contributed by atoms with Gasteiger partial charge in [0.05, 0.1) is 5.56 Å². The lowest BCUT2D eigenvalue weighted by Crippen LogP contribution is -2.03. The minimum atomic E-state index is -4.37. The number of hydrogen-bond acceptors (Lipinski definition) is 0. The molecule has 0 aliphatic heterocycles. The molecular weight excluding hydrogens is 323 g/mol. The quantitative estimate of drug-likeness (QED) is 0.481. The van der Waals surface area contributed by atoms with E-state index in [1.165, 1.54) is 18.2 Å². The molecule has 3 rings (SSSR count). The van der Waals surface area contributed by atoms with Crippen LogP contribution in [0.5, 0.6) is 0 Å². The summed E-state index contributed by atoms with van der Waals surface area (Å²) in [7, 11) is 0. The Morgan fingerprint density at radius 3 is 1.38 bits per heavy atom. The first kappa shape index (κ1) is 16.2. The maximum Gasteiger partial charge on any atom is 0.416 e. The normalized spacial score (nSPS) is 11.5. The summed E-state index contributed by atoms with van der Waals surface area (Å²) in [4.78, 5) is 0. The first-order valence-corrected chi connectivity index (χ1v) is 7.08. The maximum absolute atomic E-state index is 13.3. The molecule has 0 unspecified atom stereocenters. The van der Waals surface area contributed by atoms with E-state index in [-0.39, 0.29) is 0 Å². The van der Waals surface area contributed by atoms with Gasteiger partial charge in [-0.1, -0.05) is 42.5 Å². The minimum absolute atomic E-state index is 0.521. The van der Waals surface area contributed by atoms with Crippen molar-refractivity contribution in [1.82, 2.24) is 0 Å². The molecule has 0 N–H and O–H groups in total. The van der Waals surface area contributed by atoms with Gasteiger partial charge in [0.1, 0.15) is 0 Å². The molecular formula is C19H11F5. The molecule has 122 valence electrons. The summed E-state index contributed by atoms with van der Waals surface area (Å²) in [5.74, 6) is -1.85. The Hall–Kier alpha value is -2.69. The van der Waals surface area contributed by atoms with Crippen LogP contribution >= 0.6 is 0 Å². The average molecular weight is 334 g/mol. The van der Waals surface area contributed by atoms with Crippen LogP contribution in [0.1, 0.15) is 5.56 Å². The molecule has 24 heavy (non-hydrogen) atoms. The molecule has 0 amide bonds. The largest absolute Gasteiger partial charge is 0.416 e. The summed E-state index contributed by atoms with van der Waals surface area (Å²) >= 11 is 0. The molecule has 0 spiro atoms. The fraction of sp³-hybridized carbons (Fsp3) is 0.0526. The van der Waals surface area contributed by atoms with Crippen LogP contribution in [0.15, 0.2) is 66.7 Å². The van der Waals surface area contributed by atoms with Gasteiger partial charge in [-0.15, -0.1) is 0 Å². The summed E-state index contributed by atoms with van der Waals surface area (Å²) in [6, 6.07) is 15.3. The molecule has 0 nitrogen and oxygen atoms in total. The Morgan fingerprint density at radius 1 is 0.500 bits per heavy atom. The Balaban J connectivity index is 1.88. The Labute approximate surface area is 135 Å². The standard InChI is InChI=1S/C19H11F5/c20-17-10-7-15(11-18(17)21)14-3-1-12(2-4-14)13-5-8-16(9-6-13)19(22,23)24/h1-11H. The molecule has 0 aromatic heterocycles. The first-order valence-electron chi connectivity index (χ1n) is 7.08. The SMILES string of the molecule is Fc1ccc(-c2ccc(-c3ccc(C(F)(F)F)cc3)cc2)cc1F. The van der Waals surface area contributed by atoms with E-state index in [0.717, 1.165) is 29.8 Å². The third kappa shape index (κ3) is 3.30. The van der Waals surface area contributed by atoms with Crippen LogP contribution < -0.4 is 0 Å². The van der Waals surface area contributed by atoms with Crippen LogP contribution in [0.3, 0.4) is 0 Å². The second-order valence-corrected chi connectivity index (χ2v) is 5.28. The van der Waals surface area contributed by atoms with Crippen molar-refractivity contribution in [2.24, 2.45) is 0 Å². The highest BCUT2D eigenvalue weighted by atomic mass is 19.4. The van der Waals surface area contributed by atoms with Crippen molar-refractivity contribution in [3.8, 4) is 22.3 Å². The highest BCUT2D eigenvalue weighted by Gasteiger charge is 2.29. The van der Waals surface area contributed by atoms with Crippen molar-refractivity contribution in [3.05, 3.63) is 83.9 Å². The van der Waals surface area contributed by atoms with E-state index in [1.54, 1.807) is 24.3 Å². The van der Waals surface area contributed by atoms with E-state index >= 15 is 0 Å².